The van der Waals surface area contributed by atoms with Gasteiger partial charge in [0, 0.05) is 35.6 Å². The van der Waals surface area contributed by atoms with Crippen molar-refractivity contribution in [1.82, 2.24) is 0 Å². The molecule has 0 amide bonds. The predicted octanol–water partition coefficient (Wildman–Crippen LogP) is -5.00. The van der Waals surface area contributed by atoms with Crippen LogP contribution in [0.2, 0.25) is 0 Å². The fourth-order valence-electron chi connectivity index (χ4n) is 0. The van der Waals surface area contributed by atoms with Crippen LogP contribution in [0.3, 0.4) is 0 Å². The minimum absolute atomic E-state index is 0. The van der Waals surface area contributed by atoms with Gasteiger partial charge in [-0.1, -0.05) is 0 Å². The van der Waals surface area contributed by atoms with Crippen molar-refractivity contribution in [3.8, 4) is 0 Å². The van der Waals surface area contributed by atoms with Crippen molar-refractivity contribution in [2.24, 2.45) is 0 Å². The molecule has 0 bridgehead atoms. The first-order chi connectivity index (χ1) is 3.46. The third kappa shape index (κ3) is 125. The summed E-state index contributed by atoms with van der Waals surface area (Å²) in [7, 11) is 0. The van der Waals surface area contributed by atoms with Gasteiger partial charge in [-0.3, -0.25) is 0 Å². The summed E-state index contributed by atoms with van der Waals surface area (Å²) in [5.41, 5.74) is 0. The summed E-state index contributed by atoms with van der Waals surface area (Å²) < 4.78 is 51.5. The molecule has 51 valence electrons. The summed E-state index contributed by atoms with van der Waals surface area (Å²) in [4.78, 5) is 0. The van der Waals surface area contributed by atoms with Crippen LogP contribution in [-0.4, -0.2) is 0 Å². The van der Waals surface area contributed by atoms with E-state index in [4.69, 9.17) is 21.4 Å². The molecule has 0 aliphatic rings. The normalized spacial score (nSPS) is 5.20. The minimum Gasteiger partial charge on any atom is 4.00 e. The zero-order valence-corrected chi connectivity index (χ0v) is 13.7. The molecule has 1 radical (unpaired) electrons. The van der Waals surface area contributed by atoms with Crippen LogP contribution in [0, 0.1) is 35.6 Å². The second kappa shape index (κ2) is 17.9. The zero-order chi connectivity index (χ0) is 7.15. The molecular weight excluding hydrogens is 422 g/mol. The number of rotatable bonds is 0. The Balaban J connectivity index is -0.0000000300. The van der Waals surface area contributed by atoms with Crippen molar-refractivity contribution in [2.45, 2.75) is 0 Å². The van der Waals surface area contributed by atoms with Crippen LogP contribution < -0.4 is 14.8 Å². The maximum Gasteiger partial charge on any atom is 4.00 e. The van der Waals surface area contributed by atoms with Crippen molar-refractivity contribution in [2.75, 3.05) is 0 Å². The summed E-state index contributed by atoms with van der Waals surface area (Å²) in [6, 6.07) is 0. The molecular formula is LaO6Ti2Zr. The molecule has 0 aromatic heterocycles. The molecule has 0 N–H and O–H groups in total. The summed E-state index contributed by atoms with van der Waals surface area (Å²) in [6.45, 7) is 0. The second-order valence-electron chi connectivity index (χ2n) is 0.500. The molecule has 0 spiro atoms. The van der Waals surface area contributed by atoms with Crippen molar-refractivity contribution in [3.05, 3.63) is 0 Å². The first-order valence-electron chi connectivity index (χ1n) is 1.22. The Labute approximate surface area is 118 Å². The molecule has 0 aliphatic heterocycles. The van der Waals surface area contributed by atoms with E-state index in [1.165, 1.54) is 0 Å². The van der Waals surface area contributed by atoms with E-state index < -0.39 is 37.2 Å². The van der Waals surface area contributed by atoms with Gasteiger partial charge in [-0.15, -0.1) is 0 Å². The largest absolute Gasteiger partial charge is 4.00 e. The van der Waals surface area contributed by atoms with E-state index in [1.54, 1.807) is 0 Å². The van der Waals surface area contributed by atoms with Crippen LogP contribution in [0.25, 0.3) is 0 Å². The molecule has 0 saturated carbocycles. The van der Waals surface area contributed by atoms with Crippen LogP contribution in [0.4, 0.5) is 0 Å². The molecule has 0 aliphatic carbocycles. The van der Waals surface area contributed by atoms with Gasteiger partial charge in [-0.05, 0) is 0 Å². The van der Waals surface area contributed by atoms with Gasteiger partial charge in [0.15, 0.2) is 0 Å². The molecule has 0 aromatic carbocycles. The molecule has 0 unspecified atom stereocenters. The van der Waals surface area contributed by atoms with Crippen molar-refractivity contribution in [1.29, 1.82) is 0 Å². The van der Waals surface area contributed by atoms with E-state index in [2.05, 4.69) is 0 Å². The molecule has 10 heteroatoms. The fourth-order valence-corrected chi connectivity index (χ4v) is 0. The van der Waals surface area contributed by atoms with Gasteiger partial charge in [0.25, 0.3) is 0 Å². The zero-order valence-electron chi connectivity index (χ0n) is 4.53. The third-order valence-electron chi connectivity index (χ3n) is 0. The monoisotopic (exact) mass is 421 g/mol. The van der Waals surface area contributed by atoms with Gasteiger partial charge in [-0.25, -0.2) is 0 Å². The van der Waals surface area contributed by atoms with E-state index in [9.17, 15) is 0 Å². The average molecular weight is 422 g/mol. The first-order valence-corrected chi connectivity index (χ1v) is 5.05. The average Bonchev–Trinajstić information content (AvgIpc) is 1.25. The Kier molecular flexibility index (Phi) is 41.3. The topological polar surface area (TPSA) is 126 Å². The number of hydrogen-bond acceptors (Lipinski definition) is 6. The molecule has 0 heterocycles. The molecule has 0 saturated heterocycles. The fraction of sp³-hybridized carbons (Fsp3) is 0. The molecule has 0 aromatic rings. The summed E-state index contributed by atoms with van der Waals surface area (Å²) in [6.07, 6.45) is 0. The Hall–Kier alpha value is 2.95. The van der Waals surface area contributed by atoms with Crippen LogP contribution in [0.5, 0.6) is 0 Å². The van der Waals surface area contributed by atoms with Crippen LogP contribution in [0.1, 0.15) is 0 Å². The Bertz CT molecular complexity index is 73.7. The third-order valence-corrected chi connectivity index (χ3v) is 0. The Morgan fingerprint density at radius 3 is 0.800 bits per heavy atom. The molecule has 0 atom stereocenters. The molecule has 0 rings (SSSR count). The Morgan fingerprint density at radius 1 is 0.800 bits per heavy atom. The quantitative estimate of drug-likeness (QED) is 0.360. The van der Waals surface area contributed by atoms with E-state index >= 15 is 0 Å². The maximum absolute atomic E-state index is 8.58. The van der Waals surface area contributed by atoms with Gasteiger partial charge in [0.2, 0.25) is 0 Å². The SMILES string of the molecule is [La].[O]=[Ti]([O-])[O-].[O]=[Ti]([O-])[O-].[Zr+4]. The number of hydrogen-bond donors (Lipinski definition) is 0. The Morgan fingerprint density at radius 2 is 0.800 bits per heavy atom. The van der Waals surface area contributed by atoms with Gasteiger partial charge in [-0.2, -0.15) is 0 Å². The minimum atomic E-state index is -4.08. The van der Waals surface area contributed by atoms with Crippen LogP contribution in [-0.2, 0) is 70.1 Å². The molecule has 6 nitrogen and oxygen atoms in total. The van der Waals surface area contributed by atoms with E-state index in [0.29, 0.717) is 0 Å². The van der Waals surface area contributed by atoms with E-state index in [0.717, 1.165) is 0 Å². The molecule has 10 heavy (non-hydrogen) atoms. The molecule has 0 fully saturated rings. The van der Waals surface area contributed by atoms with Crippen molar-refractivity contribution in [3.63, 3.8) is 0 Å². The predicted molar refractivity (Wildman–Crippen MR) is 1.37 cm³/mol. The van der Waals surface area contributed by atoms with Gasteiger partial charge in [0.1, 0.15) is 0 Å². The summed E-state index contributed by atoms with van der Waals surface area (Å²) in [5.74, 6) is 0. The maximum atomic E-state index is 8.58. The standard InChI is InChI=1S/La.6O.2Ti.Zr/q;;;4*-1;;;+4. The second-order valence-corrected chi connectivity index (χ2v) is 2.06. The van der Waals surface area contributed by atoms with E-state index in [-0.39, 0.29) is 61.8 Å². The van der Waals surface area contributed by atoms with Crippen molar-refractivity contribution >= 4 is 0 Å². The summed E-state index contributed by atoms with van der Waals surface area (Å²) in [5, 5.41) is 0. The summed E-state index contributed by atoms with van der Waals surface area (Å²) >= 11 is -8.17. The van der Waals surface area contributed by atoms with Gasteiger partial charge in [0.05, 0.1) is 0 Å². The van der Waals surface area contributed by atoms with Crippen LogP contribution >= 0.6 is 0 Å². The van der Waals surface area contributed by atoms with Crippen LogP contribution in [0.15, 0.2) is 0 Å². The van der Waals surface area contributed by atoms with E-state index in [1.807, 2.05) is 0 Å². The van der Waals surface area contributed by atoms with Gasteiger partial charge >= 0.3 is 84.8 Å². The first kappa shape index (κ1) is 23.1. The van der Waals surface area contributed by atoms with Crippen molar-refractivity contribution < 1.29 is 120 Å². The smallest absolute Gasteiger partial charge is 4.00 e. The van der Waals surface area contributed by atoms with Gasteiger partial charge < -0.3 is 0 Å².